The van der Waals surface area contributed by atoms with Gasteiger partial charge in [0.2, 0.25) is 0 Å². The predicted molar refractivity (Wildman–Crippen MR) is 258 cm³/mol. The average Bonchev–Trinajstić information content (AvgIpc) is 3.29. The van der Waals surface area contributed by atoms with Gasteiger partial charge in [-0.25, -0.2) is 4.79 Å². The van der Waals surface area contributed by atoms with Gasteiger partial charge in [-0.2, -0.15) is 0 Å². The second kappa shape index (κ2) is 42.2. The van der Waals surface area contributed by atoms with E-state index in [1.54, 1.807) is 0 Å². The molecule has 0 spiro atoms. The molecule has 10 heteroatoms. The third-order valence-corrected chi connectivity index (χ3v) is 12.3. The highest BCUT2D eigenvalue weighted by Crippen LogP contribution is 2.37. The summed E-state index contributed by atoms with van der Waals surface area (Å²) in [5.74, 6) is -1.21. The number of allylic oxidation sites excluding steroid dienone is 4. The van der Waals surface area contributed by atoms with Crippen LogP contribution in [0.15, 0.2) is 24.3 Å². The van der Waals surface area contributed by atoms with Crippen LogP contribution in [0.4, 0.5) is 4.79 Å². The van der Waals surface area contributed by atoms with Crippen molar-refractivity contribution in [3.63, 3.8) is 0 Å². The lowest BCUT2D eigenvalue weighted by Gasteiger charge is -2.40. The lowest BCUT2D eigenvalue weighted by molar-refractivity contribution is -0.236. The molecular weight excluding hydrogens is 795 g/mol. The maximum atomic E-state index is 13.0. The highest BCUT2D eigenvalue weighted by atomic mass is 16.7. The molecule has 1 atom stereocenters. The second-order valence-corrected chi connectivity index (χ2v) is 18.1. The van der Waals surface area contributed by atoms with Crippen LogP contribution in [0.25, 0.3) is 0 Å². The zero-order chi connectivity index (χ0) is 45.9. The van der Waals surface area contributed by atoms with Crippen molar-refractivity contribution in [1.29, 1.82) is 0 Å². The molecule has 1 saturated heterocycles. The maximum absolute atomic E-state index is 13.0. The number of rotatable bonds is 43. The Morgan fingerprint density at radius 1 is 0.556 bits per heavy atom. The lowest BCUT2D eigenvalue weighted by Crippen LogP contribution is -2.42. The van der Waals surface area contributed by atoms with E-state index in [0.717, 1.165) is 77.4 Å². The molecule has 63 heavy (non-hydrogen) atoms. The van der Waals surface area contributed by atoms with Crippen molar-refractivity contribution in [3.05, 3.63) is 24.3 Å². The van der Waals surface area contributed by atoms with Gasteiger partial charge in [0.25, 0.3) is 0 Å². The first-order chi connectivity index (χ1) is 30.8. The largest absolute Gasteiger partial charge is 0.508 e. The standard InChI is InChI=1S/C53H97NO9/c1-6-11-14-17-20-21-22-23-24-25-26-27-28-29-32-36-49(55)59-43-48(45-61-52(57)58-42-35-41-54(9-4)10-5)44-60-50(56)37-38-51-62-46-53(47-63-51,39-33-30-18-15-12-7-2)40-34-31-19-16-13-8-3/h20-21,23-24,48,51H,6-19,22,25-47H2,1-5H3/b21-20-,24-23-. The van der Waals surface area contributed by atoms with Gasteiger partial charge in [-0.15, -0.1) is 0 Å². The molecule has 368 valence electrons. The van der Waals surface area contributed by atoms with Gasteiger partial charge in [0, 0.05) is 24.8 Å². The maximum Gasteiger partial charge on any atom is 0.508 e. The van der Waals surface area contributed by atoms with Crippen LogP contribution in [0.5, 0.6) is 0 Å². The summed E-state index contributed by atoms with van der Waals surface area (Å²) >= 11 is 0. The Hall–Kier alpha value is -2.43. The molecule has 0 aromatic carbocycles. The molecule has 0 N–H and O–H groups in total. The molecule has 0 saturated carbocycles. The van der Waals surface area contributed by atoms with E-state index >= 15 is 0 Å². The Morgan fingerprint density at radius 3 is 1.60 bits per heavy atom. The minimum atomic E-state index is -0.780. The molecule has 1 heterocycles. The van der Waals surface area contributed by atoms with Crippen LogP contribution in [-0.2, 0) is 38.0 Å². The molecule has 0 radical (unpaired) electrons. The Labute approximate surface area is 386 Å². The van der Waals surface area contributed by atoms with Gasteiger partial charge in [-0.3, -0.25) is 9.59 Å². The predicted octanol–water partition coefficient (Wildman–Crippen LogP) is 14.0. The van der Waals surface area contributed by atoms with Crippen molar-refractivity contribution in [2.24, 2.45) is 11.3 Å². The van der Waals surface area contributed by atoms with E-state index in [9.17, 15) is 14.4 Å². The summed E-state index contributed by atoms with van der Waals surface area (Å²) in [5.41, 5.74) is 0.0476. The van der Waals surface area contributed by atoms with Crippen molar-refractivity contribution in [1.82, 2.24) is 4.90 Å². The number of carbonyl (C=O) groups is 3. The van der Waals surface area contributed by atoms with Crippen LogP contribution in [0.3, 0.4) is 0 Å². The van der Waals surface area contributed by atoms with E-state index < -0.39 is 24.3 Å². The smallest absolute Gasteiger partial charge is 0.465 e. The summed E-state index contributed by atoms with van der Waals surface area (Å²) in [6, 6.07) is 0. The van der Waals surface area contributed by atoms with Crippen molar-refractivity contribution < 1.29 is 42.8 Å². The normalized spacial score (nSPS) is 14.8. The fraction of sp³-hybridized carbons (Fsp3) is 0.868. The SMILES string of the molecule is CCCCC/C=C\C/C=C\CCCCCCCC(=O)OCC(COC(=O)CCC1OCC(CCCCCCCC)(CCCCCCCC)CO1)COC(=O)OCCCN(CC)CC. The number of hydrogen-bond donors (Lipinski definition) is 0. The van der Waals surface area contributed by atoms with Crippen LogP contribution >= 0.6 is 0 Å². The van der Waals surface area contributed by atoms with Crippen molar-refractivity contribution in [2.75, 3.05) is 59.3 Å². The van der Waals surface area contributed by atoms with Crippen LogP contribution in [0, 0.1) is 11.3 Å². The molecule has 1 rings (SSSR count). The van der Waals surface area contributed by atoms with E-state index in [1.165, 1.54) is 103 Å². The first-order valence-corrected chi connectivity index (χ1v) is 26.2. The molecule has 0 amide bonds. The first kappa shape index (κ1) is 58.6. The van der Waals surface area contributed by atoms with Gasteiger partial charge < -0.3 is 33.3 Å². The molecule has 1 fully saturated rings. The van der Waals surface area contributed by atoms with Crippen molar-refractivity contribution >= 4 is 18.1 Å². The fourth-order valence-corrected chi connectivity index (χ4v) is 8.01. The zero-order valence-electron chi connectivity index (χ0n) is 41.5. The van der Waals surface area contributed by atoms with Crippen LogP contribution in [0.1, 0.15) is 221 Å². The van der Waals surface area contributed by atoms with Gasteiger partial charge in [-0.05, 0) is 70.9 Å². The molecule has 1 aliphatic rings. The summed E-state index contributed by atoms with van der Waals surface area (Å²) in [6.45, 7) is 15.1. The third kappa shape index (κ3) is 34.6. The number of ether oxygens (including phenoxy) is 6. The zero-order valence-corrected chi connectivity index (χ0v) is 41.5. The third-order valence-electron chi connectivity index (χ3n) is 12.3. The molecule has 1 aliphatic heterocycles. The fourth-order valence-electron chi connectivity index (χ4n) is 8.01. The molecule has 0 aliphatic carbocycles. The lowest BCUT2D eigenvalue weighted by atomic mass is 9.78. The minimum Gasteiger partial charge on any atom is -0.465 e. The molecule has 10 nitrogen and oxygen atoms in total. The number of hydrogen-bond acceptors (Lipinski definition) is 10. The van der Waals surface area contributed by atoms with Crippen LogP contribution in [0.2, 0.25) is 0 Å². The van der Waals surface area contributed by atoms with Gasteiger partial charge in [0.05, 0.1) is 32.2 Å². The van der Waals surface area contributed by atoms with Crippen molar-refractivity contribution in [3.8, 4) is 0 Å². The highest BCUT2D eigenvalue weighted by molar-refractivity contribution is 5.69. The Balaban J connectivity index is 2.53. The summed E-state index contributed by atoms with van der Waals surface area (Å²) in [5, 5.41) is 0. The van der Waals surface area contributed by atoms with E-state index in [0.29, 0.717) is 32.5 Å². The van der Waals surface area contributed by atoms with Crippen LogP contribution < -0.4 is 0 Å². The first-order valence-electron chi connectivity index (χ1n) is 26.2. The Morgan fingerprint density at radius 2 is 1.03 bits per heavy atom. The van der Waals surface area contributed by atoms with E-state index in [4.69, 9.17) is 28.4 Å². The Bertz CT molecular complexity index is 1110. The molecule has 0 aromatic heterocycles. The summed E-state index contributed by atoms with van der Waals surface area (Å²) < 4.78 is 34.5. The topological polar surface area (TPSA) is 110 Å². The van der Waals surface area contributed by atoms with Gasteiger partial charge in [0.1, 0.15) is 19.8 Å². The number of esters is 2. The Kier molecular flexibility index (Phi) is 39.3. The van der Waals surface area contributed by atoms with Gasteiger partial charge in [0.15, 0.2) is 6.29 Å². The summed E-state index contributed by atoms with van der Waals surface area (Å²) in [4.78, 5) is 40.3. The minimum absolute atomic E-state index is 0.0181. The summed E-state index contributed by atoms with van der Waals surface area (Å²) in [6.07, 6.45) is 39.2. The number of nitrogens with zero attached hydrogens (tertiary/aromatic N) is 1. The van der Waals surface area contributed by atoms with E-state index in [2.05, 4.69) is 63.8 Å². The molecule has 1 unspecified atom stereocenters. The van der Waals surface area contributed by atoms with Crippen LogP contribution in [-0.4, -0.2) is 88.6 Å². The number of carbonyl (C=O) groups excluding carboxylic acids is 3. The van der Waals surface area contributed by atoms with E-state index in [-0.39, 0.29) is 44.2 Å². The van der Waals surface area contributed by atoms with Crippen molar-refractivity contribution in [2.45, 2.75) is 227 Å². The monoisotopic (exact) mass is 892 g/mol. The molecule has 0 aromatic rings. The van der Waals surface area contributed by atoms with Gasteiger partial charge in [-0.1, -0.05) is 168 Å². The summed E-state index contributed by atoms with van der Waals surface area (Å²) in [7, 11) is 0. The average molecular weight is 892 g/mol. The second-order valence-electron chi connectivity index (χ2n) is 18.1. The van der Waals surface area contributed by atoms with Gasteiger partial charge >= 0.3 is 18.1 Å². The quantitative estimate of drug-likeness (QED) is 0.0254. The highest BCUT2D eigenvalue weighted by Gasteiger charge is 2.36. The van der Waals surface area contributed by atoms with E-state index in [1.807, 2.05) is 0 Å². The molecule has 0 bridgehead atoms. The molecular formula is C53H97NO9. The number of unbranched alkanes of at least 4 members (excludes halogenated alkanes) is 18.